The van der Waals surface area contributed by atoms with Crippen molar-refractivity contribution < 1.29 is 8.94 Å². The molecule has 0 radical (unpaired) electrons. The highest BCUT2D eigenvalue weighted by atomic mass is 16.5. The monoisotopic (exact) mass is 298 g/mol. The highest BCUT2D eigenvalue weighted by Gasteiger charge is 2.14. The molecule has 0 unspecified atom stereocenters. The van der Waals surface area contributed by atoms with Crippen molar-refractivity contribution in [1.82, 2.24) is 20.4 Å². The van der Waals surface area contributed by atoms with Crippen molar-refractivity contribution in [1.29, 1.82) is 0 Å². The van der Waals surface area contributed by atoms with Crippen LogP contribution in [0.5, 0.6) is 0 Å². The number of nitrogens with zero attached hydrogens (tertiary/aromatic N) is 3. The Bertz CT molecular complexity index is 721. The zero-order valence-electron chi connectivity index (χ0n) is 12.6. The first-order valence-electron chi connectivity index (χ1n) is 7.32. The molecule has 6 nitrogen and oxygen atoms in total. The largest absolute Gasteiger partial charge is 0.439 e. The maximum atomic E-state index is 5.81. The summed E-state index contributed by atoms with van der Waals surface area (Å²) < 4.78 is 10.9. The maximum Gasteiger partial charge on any atom is 0.226 e. The van der Waals surface area contributed by atoms with Crippen molar-refractivity contribution in [3.63, 3.8) is 0 Å². The third-order valence-corrected chi connectivity index (χ3v) is 3.33. The molecule has 2 aromatic heterocycles. The molecule has 0 amide bonds. The van der Waals surface area contributed by atoms with Crippen LogP contribution >= 0.6 is 0 Å². The molecule has 0 saturated carbocycles. The van der Waals surface area contributed by atoms with E-state index in [1.165, 1.54) is 0 Å². The van der Waals surface area contributed by atoms with Gasteiger partial charge in [-0.2, -0.15) is 4.98 Å². The van der Waals surface area contributed by atoms with Gasteiger partial charge in [0.15, 0.2) is 11.6 Å². The Morgan fingerprint density at radius 3 is 2.77 bits per heavy atom. The van der Waals surface area contributed by atoms with Crippen molar-refractivity contribution >= 4 is 0 Å². The lowest BCUT2D eigenvalue weighted by Gasteiger charge is -2.07. The van der Waals surface area contributed by atoms with E-state index in [0.29, 0.717) is 24.2 Å². The molecule has 1 aromatic carbocycles. The predicted octanol–water partition coefficient (Wildman–Crippen LogP) is 3.14. The van der Waals surface area contributed by atoms with E-state index in [1.807, 2.05) is 44.2 Å². The number of hydrogen-bond donors (Lipinski definition) is 1. The lowest BCUT2D eigenvalue weighted by atomic mass is 10.2. The lowest BCUT2D eigenvalue weighted by molar-refractivity contribution is 0.370. The average Bonchev–Trinajstić information content (AvgIpc) is 3.22. The van der Waals surface area contributed by atoms with Crippen LogP contribution in [0.4, 0.5) is 0 Å². The topological polar surface area (TPSA) is 77.0 Å². The Morgan fingerprint density at radius 1 is 1.23 bits per heavy atom. The molecule has 0 aliphatic rings. The molecule has 1 atom stereocenters. The second-order valence-electron chi connectivity index (χ2n) is 4.99. The summed E-state index contributed by atoms with van der Waals surface area (Å²) in [7, 11) is 0. The molecule has 0 aliphatic carbocycles. The minimum Gasteiger partial charge on any atom is -0.439 e. The summed E-state index contributed by atoms with van der Waals surface area (Å²) in [6.45, 7) is 4.47. The number of aryl methyl sites for hydroxylation is 1. The van der Waals surface area contributed by atoms with Crippen LogP contribution in [-0.4, -0.2) is 15.1 Å². The minimum atomic E-state index is -0.0407. The summed E-state index contributed by atoms with van der Waals surface area (Å²) in [6, 6.07) is 9.87. The Balaban J connectivity index is 1.63. The Hall–Kier alpha value is -2.47. The molecule has 22 heavy (non-hydrogen) atoms. The number of aromatic nitrogens is 3. The molecule has 3 aromatic rings. The van der Waals surface area contributed by atoms with Gasteiger partial charge in [0.05, 0.1) is 18.8 Å². The fourth-order valence-corrected chi connectivity index (χ4v) is 2.06. The SMILES string of the molecule is CCc1nc(CN[C@H](C)c2ncc(-c3ccccc3)o2)no1. The molecule has 114 valence electrons. The lowest BCUT2D eigenvalue weighted by Crippen LogP contribution is -2.19. The minimum absolute atomic E-state index is 0.0407. The number of nitrogens with one attached hydrogen (secondary N) is 1. The molecule has 6 heteroatoms. The first-order valence-corrected chi connectivity index (χ1v) is 7.32. The zero-order chi connectivity index (χ0) is 15.4. The van der Waals surface area contributed by atoms with Crippen LogP contribution in [0.3, 0.4) is 0 Å². The van der Waals surface area contributed by atoms with E-state index < -0.39 is 0 Å². The Morgan fingerprint density at radius 2 is 2.05 bits per heavy atom. The first kappa shape index (κ1) is 14.5. The van der Waals surface area contributed by atoms with Gasteiger partial charge in [0, 0.05) is 12.0 Å². The van der Waals surface area contributed by atoms with Crippen LogP contribution in [0, 0.1) is 0 Å². The van der Waals surface area contributed by atoms with E-state index in [9.17, 15) is 0 Å². The number of hydrogen-bond acceptors (Lipinski definition) is 6. The molecule has 0 fully saturated rings. The number of oxazole rings is 1. The molecule has 0 spiro atoms. The summed E-state index contributed by atoms with van der Waals surface area (Å²) in [5, 5.41) is 7.18. The molecule has 1 N–H and O–H groups in total. The van der Waals surface area contributed by atoms with Gasteiger partial charge in [0.25, 0.3) is 0 Å². The highest BCUT2D eigenvalue weighted by Crippen LogP contribution is 2.22. The van der Waals surface area contributed by atoms with E-state index in [1.54, 1.807) is 6.20 Å². The van der Waals surface area contributed by atoms with Gasteiger partial charge in [-0.05, 0) is 6.92 Å². The molecular weight excluding hydrogens is 280 g/mol. The fourth-order valence-electron chi connectivity index (χ4n) is 2.06. The van der Waals surface area contributed by atoms with E-state index in [0.717, 1.165) is 17.7 Å². The van der Waals surface area contributed by atoms with Gasteiger partial charge in [-0.3, -0.25) is 5.32 Å². The van der Waals surface area contributed by atoms with Gasteiger partial charge < -0.3 is 8.94 Å². The highest BCUT2D eigenvalue weighted by molar-refractivity contribution is 5.55. The quantitative estimate of drug-likeness (QED) is 0.753. The Kier molecular flexibility index (Phi) is 4.29. The first-order chi connectivity index (χ1) is 10.8. The second kappa shape index (κ2) is 6.53. The van der Waals surface area contributed by atoms with Crippen LogP contribution in [0.15, 0.2) is 45.5 Å². The van der Waals surface area contributed by atoms with Crippen LogP contribution in [0.25, 0.3) is 11.3 Å². The summed E-state index contributed by atoms with van der Waals surface area (Å²) in [6.07, 6.45) is 2.48. The average molecular weight is 298 g/mol. The molecule has 0 aliphatic heterocycles. The van der Waals surface area contributed by atoms with Crippen molar-refractivity contribution in [2.45, 2.75) is 32.9 Å². The molecule has 0 saturated heterocycles. The van der Waals surface area contributed by atoms with E-state index in [2.05, 4.69) is 20.4 Å². The van der Waals surface area contributed by atoms with E-state index in [-0.39, 0.29) is 6.04 Å². The van der Waals surface area contributed by atoms with Crippen molar-refractivity contribution in [2.24, 2.45) is 0 Å². The molecular formula is C16H18N4O2. The van der Waals surface area contributed by atoms with E-state index >= 15 is 0 Å². The van der Waals surface area contributed by atoms with Crippen molar-refractivity contribution in [3.8, 4) is 11.3 Å². The smallest absolute Gasteiger partial charge is 0.226 e. The number of benzene rings is 1. The third-order valence-electron chi connectivity index (χ3n) is 3.33. The normalized spacial score (nSPS) is 12.5. The van der Waals surface area contributed by atoms with Gasteiger partial charge >= 0.3 is 0 Å². The maximum absolute atomic E-state index is 5.81. The third kappa shape index (κ3) is 3.23. The van der Waals surface area contributed by atoms with Crippen LogP contribution in [0.1, 0.15) is 37.5 Å². The molecule has 0 bridgehead atoms. The predicted molar refractivity (Wildman–Crippen MR) is 80.9 cm³/mol. The van der Waals surface area contributed by atoms with Gasteiger partial charge in [-0.15, -0.1) is 0 Å². The van der Waals surface area contributed by atoms with Crippen molar-refractivity contribution in [3.05, 3.63) is 54.1 Å². The second-order valence-corrected chi connectivity index (χ2v) is 4.99. The summed E-state index contributed by atoms with van der Waals surface area (Å²) in [5.74, 6) is 2.68. The van der Waals surface area contributed by atoms with Crippen LogP contribution in [-0.2, 0) is 13.0 Å². The van der Waals surface area contributed by atoms with Gasteiger partial charge in [-0.25, -0.2) is 4.98 Å². The van der Waals surface area contributed by atoms with Crippen molar-refractivity contribution in [2.75, 3.05) is 0 Å². The van der Waals surface area contributed by atoms with Gasteiger partial charge in [-0.1, -0.05) is 42.4 Å². The van der Waals surface area contributed by atoms with Crippen LogP contribution in [0.2, 0.25) is 0 Å². The van der Waals surface area contributed by atoms with Crippen LogP contribution < -0.4 is 5.32 Å². The molecule has 2 heterocycles. The standard InChI is InChI=1S/C16H18N4O2/c1-3-15-19-14(20-22-15)10-17-11(2)16-18-9-13(21-16)12-7-5-4-6-8-12/h4-9,11,17H,3,10H2,1-2H3/t11-/m1/s1. The van der Waals surface area contributed by atoms with Gasteiger partial charge in [0.2, 0.25) is 11.8 Å². The molecule has 3 rings (SSSR count). The number of rotatable bonds is 6. The van der Waals surface area contributed by atoms with E-state index in [4.69, 9.17) is 8.94 Å². The fraction of sp³-hybridized carbons (Fsp3) is 0.312. The summed E-state index contributed by atoms with van der Waals surface area (Å²) in [4.78, 5) is 8.59. The zero-order valence-corrected chi connectivity index (χ0v) is 12.6. The van der Waals surface area contributed by atoms with Gasteiger partial charge in [0.1, 0.15) is 0 Å². The Labute approximate surface area is 128 Å². The summed E-state index contributed by atoms with van der Waals surface area (Å²) >= 11 is 0. The summed E-state index contributed by atoms with van der Waals surface area (Å²) in [5.41, 5.74) is 1.01.